The molecule has 0 saturated carbocycles. The second-order valence-electron chi connectivity index (χ2n) is 3.97. The Balaban J connectivity index is 2.18. The first-order valence-electron chi connectivity index (χ1n) is 5.69. The Bertz CT molecular complexity index is 765. The number of hydrogen-bond acceptors (Lipinski definition) is 4. The Morgan fingerprint density at radius 1 is 1.20 bits per heavy atom. The van der Waals surface area contributed by atoms with E-state index in [0.717, 1.165) is 19.9 Å². The number of halogens is 1. The van der Waals surface area contributed by atoms with Crippen molar-refractivity contribution in [3.8, 4) is 21.1 Å². The van der Waals surface area contributed by atoms with Crippen LogP contribution >= 0.6 is 38.6 Å². The predicted molar refractivity (Wildman–Crippen MR) is 85.5 cm³/mol. The summed E-state index contributed by atoms with van der Waals surface area (Å²) >= 11 is 6.20. The van der Waals surface area contributed by atoms with Gasteiger partial charge in [0.25, 0.3) is 0 Å². The summed E-state index contributed by atoms with van der Waals surface area (Å²) < 4.78 is 0.938. The van der Waals surface area contributed by atoms with E-state index in [9.17, 15) is 9.90 Å². The van der Waals surface area contributed by atoms with Gasteiger partial charge in [-0.3, -0.25) is 0 Å². The average molecular weight is 366 g/mol. The van der Waals surface area contributed by atoms with Crippen molar-refractivity contribution in [1.29, 1.82) is 0 Å². The highest BCUT2D eigenvalue weighted by atomic mass is 79.9. The van der Waals surface area contributed by atoms with Crippen LogP contribution in [0.3, 0.4) is 0 Å². The number of nitrogens with zero attached hydrogens (tertiary/aromatic N) is 1. The molecule has 0 aliphatic carbocycles. The Kier molecular flexibility index (Phi) is 3.69. The highest BCUT2D eigenvalue weighted by molar-refractivity contribution is 9.10. The average Bonchev–Trinajstić information content (AvgIpc) is 3.05. The van der Waals surface area contributed by atoms with Crippen molar-refractivity contribution in [1.82, 2.24) is 4.98 Å². The lowest BCUT2D eigenvalue weighted by Crippen LogP contribution is -1.95. The molecule has 2 heterocycles. The molecular formula is C14H8BrNO2S2. The monoisotopic (exact) mass is 365 g/mol. The van der Waals surface area contributed by atoms with Gasteiger partial charge >= 0.3 is 5.97 Å². The predicted octanol–water partition coefficient (Wildman–Crippen LogP) is 5.00. The molecule has 3 nitrogen and oxygen atoms in total. The van der Waals surface area contributed by atoms with Gasteiger partial charge in [0.2, 0.25) is 0 Å². The number of carboxylic acid groups (broad SMARTS) is 1. The van der Waals surface area contributed by atoms with Gasteiger partial charge in [-0.05, 0) is 27.4 Å². The minimum absolute atomic E-state index is 0.270. The molecule has 0 aliphatic rings. The van der Waals surface area contributed by atoms with Crippen LogP contribution in [0.25, 0.3) is 21.1 Å². The SMILES string of the molecule is O=C(O)c1sc(-c2sccc2Br)nc1-c1ccccc1. The minimum atomic E-state index is -0.944. The topological polar surface area (TPSA) is 50.2 Å². The molecule has 0 atom stereocenters. The van der Waals surface area contributed by atoms with Gasteiger partial charge in [-0.2, -0.15) is 0 Å². The van der Waals surface area contributed by atoms with E-state index in [2.05, 4.69) is 20.9 Å². The molecule has 0 unspecified atom stereocenters. The number of hydrogen-bond donors (Lipinski definition) is 1. The summed E-state index contributed by atoms with van der Waals surface area (Å²) in [5.74, 6) is -0.944. The second-order valence-corrected chi connectivity index (χ2v) is 6.74. The molecule has 3 aromatic rings. The van der Waals surface area contributed by atoms with E-state index in [1.807, 2.05) is 41.8 Å². The van der Waals surface area contributed by atoms with Crippen LogP contribution in [0.5, 0.6) is 0 Å². The van der Waals surface area contributed by atoms with Gasteiger partial charge in [0.05, 0.1) is 10.6 Å². The van der Waals surface area contributed by atoms with E-state index in [-0.39, 0.29) is 4.88 Å². The van der Waals surface area contributed by atoms with E-state index < -0.39 is 5.97 Å². The molecule has 0 bridgehead atoms. The smallest absolute Gasteiger partial charge is 0.348 e. The third-order valence-corrected chi connectivity index (χ3v) is 5.71. The van der Waals surface area contributed by atoms with Crippen molar-refractivity contribution in [3.63, 3.8) is 0 Å². The Labute approximate surface area is 131 Å². The first-order chi connectivity index (χ1) is 9.66. The molecule has 20 heavy (non-hydrogen) atoms. The Morgan fingerprint density at radius 3 is 2.55 bits per heavy atom. The lowest BCUT2D eigenvalue weighted by molar-refractivity contribution is 0.0702. The largest absolute Gasteiger partial charge is 0.477 e. The summed E-state index contributed by atoms with van der Waals surface area (Å²) in [5, 5.41) is 12.0. The Morgan fingerprint density at radius 2 is 1.95 bits per heavy atom. The van der Waals surface area contributed by atoms with Gasteiger partial charge in [0.1, 0.15) is 9.88 Å². The zero-order valence-electron chi connectivity index (χ0n) is 10.0. The number of carboxylic acids is 1. The van der Waals surface area contributed by atoms with Gasteiger partial charge in [0, 0.05) is 10.0 Å². The van der Waals surface area contributed by atoms with Crippen LogP contribution in [0.2, 0.25) is 0 Å². The number of benzene rings is 1. The van der Waals surface area contributed by atoms with E-state index in [1.165, 1.54) is 22.7 Å². The molecule has 0 amide bonds. The molecule has 0 saturated heterocycles. The zero-order chi connectivity index (χ0) is 14.1. The lowest BCUT2D eigenvalue weighted by Gasteiger charge is -1.97. The molecule has 100 valence electrons. The highest BCUT2D eigenvalue weighted by Crippen LogP contribution is 2.39. The van der Waals surface area contributed by atoms with Crippen LogP contribution in [-0.4, -0.2) is 16.1 Å². The molecule has 0 radical (unpaired) electrons. The number of aromatic carboxylic acids is 1. The zero-order valence-corrected chi connectivity index (χ0v) is 13.3. The fourth-order valence-corrected chi connectivity index (χ4v) is 4.52. The van der Waals surface area contributed by atoms with E-state index in [4.69, 9.17) is 0 Å². The van der Waals surface area contributed by atoms with Crippen LogP contribution in [0.1, 0.15) is 9.67 Å². The summed E-state index contributed by atoms with van der Waals surface area (Å²) in [6.07, 6.45) is 0. The van der Waals surface area contributed by atoms with Crippen LogP contribution in [0.15, 0.2) is 46.3 Å². The van der Waals surface area contributed by atoms with Crippen LogP contribution in [0, 0.1) is 0 Å². The maximum Gasteiger partial charge on any atom is 0.348 e. The second kappa shape index (κ2) is 5.47. The lowest BCUT2D eigenvalue weighted by atomic mass is 10.1. The molecule has 2 aromatic heterocycles. The molecule has 1 aromatic carbocycles. The minimum Gasteiger partial charge on any atom is -0.477 e. The van der Waals surface area contributed by atoms with Crippen molar-refractivity contribution in [2.75, 3.05) is 0 Å². The fraction of sp³-hybridized carbons (Fsp3) is 0. The summed E-state index contributed by atoms with van der Waals surface area (Å²) in [4.78, 5) is 17.2. The van der Waals surface area contributed by atoms with Gasteiger partial charge in [-0.1, -0.05) is 30.3 Å². The first-order valence-corrected chi connectivity index (χ1v) is 8.18. The van der Waals surface area contributed by atoms with Crippen LogP contribution < -0.4 is 0 Å². The molecule has 0 fully saturated rings. The molecule has 1 N–H and O–H groups in total. The van der Waals surface area contributed by atoms with Crippen molar-refractivity contribution in [2.24, 2.45) is 0 Å². The Hall–Kier alpha value is -1.50. The van der Waals surface area contributed by atoms with Crippen molar-refractivity contribution < 1.29 is 9.90 Å². The number of thiophene rings is 1. The van der Waals surface area contributed by atoms with Crippen LogP contribution in [-0.2, 0) is 0 Å². The summed E-state index contributed by atoms with van der Waals surface area (Å²) in [6, 6.07) is 11.3. The van der Waals surface area contributed by atoms with Gasteiger partial charge in [-0.15, -0.1) is 22.7 Å². The summed E-state index contributed by atoms with van der Waals surface area (Å²) in [6.45, 7) is 0. The molecule has 3 rings (SSSR count). The third-order valence-electron chi connectivity index (χ3n) is 2.68. The first kappa shape index (κ1) is 13.5. The molecular weight excluding hydrogens is 358 g/mol. The number of carbonyl (C=O) groups is 1. The van der Waals surface area contributed by atoms with Crippen molar-refractivity contribution in [2.45, 2.75) is 0 Å². The molecule has 0 spiro atoms. The van der Waals surface area contributed by atoms with E-state index in [0.29, 0.717) is 5.69 Å². The third kappa shape index (κ3) is 2.42. The summed E-state index contributed by atoms with van der Waals surface area (Å²) in [7, 11) is 0. The quantitative estimate of drug-likeness (QED) is 0.710. The maximum atomic E-state index is 11.4. The molecule has 6 heteroatoms. The standard InChI is InChI=1S/C14H8BrNO2S2/c15-9-6-7-19-11(9)13-16-10(12(20-13)14(17)18)8-4-2-1-3-5-8/h1-7H,(H,17,18). The normalized spacial score (nSPS) is 10.7. The fourth-order valence-electron chi connectivity index (χ4n) is 1.80. The summed E-state index contributed by atoms with van der Waals surface area (Å²) in [5.41, 5.74) is 1.35. The van der Waals surface area contributed by atoms with E-state index >= 15 is 0 Å². The van der Waals surface area contributed by atoms with Gasteiger partial charge in [0.15, 0.2) is 0 Å². The van der Waals surface area contributed by atoms with Crippen molar-refractivity contribution in [3.05, 3.63) is 51.1 Å². The maximum absolute atomic E-state index is 11.4. The number of rotatable bonds is 3. The number of thiazole rings is 1. The van der Waals surface area contributed by atoms with Crippen molar-refractivity contribution >= 4 is 44.6 Å². The van der Waals surface area contributed by atoms with Crippen LogP contribution in [0.4, 0.5) is 0 Å². The van der Waals surface area contributed by atoms with E-state index in [1.54, 1.807) is 0 Å². The van der Waals surface area contributed by atoms with Gasteiger partial charge in [-0.25, -0.2) is 9.78 Å². The number of aromatic nitrogens is 1. The highest BCUT2D eigenvalue weighted by Gasteiger charge is 2.20. The van der Waals surface area contributed by atoms with Gasteiger partial charge < -0.3 is 5.11 Å². The molecule has 0 aliphatic heterocycles.